The molecule has 2 aromatic rings. The summed E-state index contributed by atoms with van der Waals surface area (Å²) < 4.78 is 1.63. The van der Waals surface area contributed by atoms with Gasteiger partial charge in [-0.25, -0.2) is 4.68 Å². The van der Waals surface area contributed by atoms with Crippen molar-refractivity contribution in [3.8, 4) is 0 Å². The summed E-state index contributed by atoms with van der Waals surface area (Å²) in [6.45, 7) is 12.3. The van der Waals surface area contributed by atoms with Crippen molar-refractivity contribution in [3.05, 3.63) is 53.8 Å². The number of carbonyl (C=O) groups excluding carboxylic acids is 2. The SMILES string of the molecule is C=CC(=O)N1CCN(c2ccc(NC(=O)c3cnn(C(C)(C)C)c3Cl)cc2)CC1. The molecule has 154 valence electrons. The maximum atomic E-state index is 12.6. The molecule has 1 fully saturated rings. The topological polar surface area (TPSA) is 70.5 Å². The Labute approximate surface area is 175 Å². The predicted molar refractivity (Wildman–Crippen MR) is 116 cm³/mol. The van der Waals surface area contributed by atoms with E-state index >= 15 is 0 Å². The Bertz CT molecular complexity index is 906. The number of hydrogen-bond acceptors (Lipinski definition) is 4. The van der Waals surface area contributed by atoms with E-state index in [-0.39, 0.29) is 17.4 Å². The Morgan fingerprint density at radius 2 is 1.76 bits per heavy atom. The zero-order valence-corrected chi connectivity index (χ0v) is 17.7. The van der Waals surface area contributed by atoms with Crippen molar-refractivity contribution in [2.45, 2.75) is 26.3 Å². The number of nitrogens with one attached hydrogen (secondary N) is 1. The van der Waals surface area contributed by atoms with Gasteiger partial charge in [0.05, 0.1) is 17.3 Å². The highest BCUT2D eigenvalue weighted by molar-refractivity contribution is 6.33. The molecule has 0 radical (unpaired) electrons. The lowest BCUT2D eigenvalue weighted by atomic mass is 10.1. The van der Waals surface area contributed by atoms with Crippen LogP contribution in [0.15, 0.2) is 43.1 Å². The van der Waals surface area contributed by atoms with E-state index in [2.05, 4.69) is 21.9 Å². The minimum atomic E-state index is -0.308. The lowest BCUT2D eigenvalue weighted by Crippen LogP contribution is -2.48. The standard InChI is InChI=1S/C21H26ClN5O2/c1-5-18(28)26-12-10-25(11-13-26)16-8-6-15(7-9-16)24-20(29)17-14-23-27(19(17)22)21(2,3)4/h5-9,14H,1,10-13H2,2-4H3,(H,24,29). The monoisotopic (exact) mass is 415 g/mol. The first kappa shape index (κ1) is 20.9. The summed E-state index contributed by atoms with van der Waals surface area (Å²) in [5.41, 5.74) is 1.76. The Morgan fingerprint density at radius 1 is 1.14 bits per heavy atom. The summed E-state index contributed by atoms with van der Waals surface area (Å²) in [5.74, 6) is -0.328. The molecule has 29 heavy (non-hydrogen) atoms. The molecule has 8 heteroatoms. The highest BCUT2D eigenvalue weighted by Crippen LogP contribution is 2.25. The second-order valence-corrected chi connectivity index (χ2v) is 8.31. The van der Waals surface area contributed by atoms with E-state index in [0.717, 1.165) is 18.8 Å². The number of halogens is 1. The quantitative estimate of drug-likeness (QED) is 0.777. The van der Waals surface area contributed by atoms with Gasteiger partial charge in [0.1, 0.15) is 5.15 Å². The molecule has 0 atom stereocenters. The molecule has 1 aliphatic heterocycles. The van der Waals surface area contributed by atoms with E-state index in [4.69, 9.17) is 11.6 Å². The van der Waals surface area contributed by atoms with Gasteiger partial charge in [-0.05, 0) is 51.1 Å². The van der Waals surface area contributed by atoms with Gasteiger partial charge < -0.3 is 15.1 Å². The number of benzene rings is 1. The highest BCUT2D eigenvalue weighted by atomic mass is 35.5. The van der Waals surface area contributed by atoms with Crippen LogP contribution in [0.1, 0.15) is 31.1 Å². The third-order valence-corrected chi connectivity index (χ3v) is 5.21. The first-order chi connectivity index (χ1) is 13.7. The smallest absolute Gasteiger partial charge is 0.260 e. The molecule has 0 saturated carbocycles. The molecule has 2 heterocycles. The van der Waals surface area contributed by atoms with Gasteiger partial charge in [0, 0.05) is 37.6 Å². The van der Waals surface area contributed by atoms with Gasteiger partial charge in [-0.3, -0.25) is 9.59 Å². The van der Waals surface area contributed by atoms with Crippen molar-refractivity contribution < 1.29 is 9.59 Å². The fourth-order valence-corrected chi connectivity index (χ4v) is 3.65. The zero-order valence-electron chi connectivity index (χ0n) is 17.0. The Morgan fingerprint density at radius 3 is 2.28 bits per heavy atom. The molecule has 1 aromatic heterocycles. The van der Waals surface area contributed by atoms with Gasteiger partial charge >= 0.3 is 0 Å². The van der Waals surface area contributed by atoms with Crippen LogP contribution in [0.2, 0.25) is 5.15 Å². The molecule has 1 saturated heterocycles. The summed E-state index contributed by atoms with van der Waals surface area (Å²) in [7, 11) is 0. The van der Waals surface area contributed by atoms with Crippen molar-refractivity contribution in [2.75, 3.05) is 36.4 Å². The Hall–Kier alpha value is -2.80. The van der Waals surface area contributed by atoms with Crippen LogP contribution in [-0.2, 0) is 10.3 Å². The minimum absolute atomic E-state index is 0.0313. The van der Waals surface area contributed by atoms with Crippen LogP contribution in [0.5, 0.6) is 0 Å². The van der Waals surface area contributed by atoms with E-state index in [1.807, 2.05) is 45.0 Å². The average molecular weight is 416 g/mol. The highest BCUT2D eigenvalue weighted by Gasteiger charge is 2.23. The maximum Gasteiger partial charge on any atom is 0.260 e. The van der Waals surface area contributed by atoms with Gasteiger partial charge in [0.2, 0.25) is 5.91 Å². The fourth-order valence-electron chi connectivity index (χ4n) is 3.22. The van der Waals surface area contributed by atoms with Crippen molar-refractivity contribution >= 4 is 34.8 Å². The molecule has 0 unspecified atom stereocenters. The second-order valence-electron chi connectivity index (χ2n) is 7.95. The molecule has 3 rings (SSSR count). The van der Waals surface area contributed by atoms with Crippen LogP contribution < -0.4 is 10.2 Å². The molecular formula is C21H26ClN5O2. The Balaban J connectivity index is 1.63. The van der Waals surface area contributed by atoms with Gasteiger partial charge in [0.25, 0.3) is 5.91 Å². The molecule has 0 bridgehead atoms. The number of anilines is 2. The number of aromatic nitrogens is 2. The van der Waals surface area contributed by atoms with E-state index < -0.39 is 0 Å². The van der Waals surface area contributed by atoms with Crippen molar-refractivity contribution in [1.29, 1.82) is 0 Å². The Kier molecular flexibility index (Phi) is 5.98. The lowest BCUT2D eigenvalue weighted by molar-refractivity contribution is -0.126. The molecule has 1 N–H and O–H groups in total. The van der Waals surface area contributed by atoms with Crippen LogP contribution in [0.3, 0.4) is 0 Å². The van der Waals surface area contributed by atoms with Gasteiger partial charge in [-0.15, -0.1) is 0 Å². The van der Waals surface area contributed by atoms with Crippen LogP contribution >= 0.6 is 11.6 Å². The van der Waals surface area contributed by atoms with E-state index in [1.54, 1.807) is 9.58 Å². The largest absolute Gasteiger partial charge is 0.368 e. The van der Waals surface area contributed by atoms with E-state index in [0.29, 0.717) is 29.5 Å². The molecule has 7 nitrogen and oxygen atoms in total. The minimum Gasteiger partial charge on any atom is -0.368 e. The van der Waals surface area contributed by atoms with Crippen molar-refractivity contribution in [3.63, 3.8) is 0 Å². The first-order valence-electron chi connectivity index (χ1n) is 9.52. The number of nitrogens with zero attached hydrogens (tertiary/aromatic N) is 4. The maximum absolute atomic E-state index is 12.6. The summed E-state index contributed by atoms with van der Waals surface area (Å²) >= 11 is 6.34. The summed E-state index contributed by atoms with van der Waals surface area (Å²) in [5, 5.41) is 7.42. The molecule has 0 spiro atoms. The summed E-state index contributed by atoms with van der Waals surface area (Å²) in [6.07, 6.45) is 2.84. The van der Waals surface area contributed by atoms with Gasteiger partial charge in [0.15, 0.2) is 0 Å². The number of rotatable bonds is 4. The number of amides is 2. The van der Waals surface area contributed by atoms with Crippen LogP contribution in [0.4, 0.5) is 11.4 Å². The van der Waals surface area contributed by atoms with Crippen molar-refractivity contribution in [2.24, 2.45) is 0 Å². The van der Waals surface area contributed by atoms with E-state index in [1.165, 1.54) is 12.3 Å². The summed E-state index contributed by atoms with van der Waals surface area (Å²) in [6, 6.07) is 7.63. The normalized spacial score (nSPS) is 14.6. The van der Waals surface area contributed by atoms with Gasteiger partial charge in [-0.2, -0.15) is 5.10 Å². The van der Waals surface area contributed by atoms with E-state index in [9.17, 15) is 9.59 Å². The molecule has 2 amide bonds. The molecule has 0 aliphatic carbocycles. The summed E-state index contributed by atoms with van der Waals surface area (Å²) in [4.78, 5) is 28.3. The fraction of sp³-hybridized carbons (Fsp3) is 0.381. The number of piperazine rings is 1. The predicted octanol–water partition coefficient (Wildman–Crippen LogP) is 3.38. The van der Waals surface area contributed by atoms with Crippen molar-refractivity contribution in [1.82, 2.24) is 14.7 Å². The number of carbonyl (C=O) groups is 2. The third-order valence-electron chi connectivity index (χ3n) is 4.85. The zero-order chi connectivity index (χ0) is 21.2. The average Bonchev–Trinajstić information content (AvgIpc) is 3.10. The van der Waals surface area contributed by atoms with Gasteiger partial charge in [-0.1, -0.05) is 18.2 Å². The molecule has 1 aliphatic rings. The third kappa shape index (κ3) is 4.62. The first-order valence-corrected chi connectivity index (χ1v) is 9.90. The van der Waals surface area contributed by atoms with Crippen LogP contribution in [-0.4, -0.2) is 52.7 Å². The molecular weight excluding hydrogens is 390 g/mol. The lowest BCUT2D eigenvalue weighted by Gasteiger charge is -2.35. The van der Waals surface area contributed by atoms with Crippen LogP contribution in [0.25, 0.3) is 0 Å². The second kappa shape index (κ2) is 8.29. The van der Waals surface area contributed by atoms with Crippen LogP contribution in [0, 0.1) is 0 Å². The molecule has 1 aromatic carbocycles. The number of hydrogen-bond donors (Lipinski definition) is 1.